The van der Waals surface area contributed by atoms with E-state index in [0.29, 0.717) is 16.3 Å². The van der Waals surface area contributed by atoms with E-state index < -0.39 is 35.2 Å². The number of ketones is 1. The van der Waals surface area contributed by atoms with Crippen LogP contribution in [0, 0.1) is 0 Å². The van der Waals surface area contributed by atoms with Crippen molar-refractivity contribution in [1.29, 1.82) is 0 Å². The first-order valence-electron chi connectivity index (χ1n) is 10.00. The highest BCUT2D eigenvalue weighted by Crippen LogP contribution is 2.43. The first kappa shape index (κ1) is 23.4. The largest absolute Gasteiger partial charge is 0.507 e. The summed E-state index contributed by atoms with van der Waals surface area (Å²) in [6.07, 6.45) is -4.65. The molecule has 1 aliphatic heterocycles. The first-order chi connectivity index (χ1) is 16.1. The molecule has 1 saturated heterocycles. The van der Waals surface area contributed by atoms with Crippen LogP contribution in [-0.4, -0.2) is 23.9 Å². The molecule has 4 rings (SSSR count). The third kappa shape index (κ3) is 4.24. The zero-order valence-corrected chi connectivity index (χ0v) is 18.4. The van der Waals surface area contributed by atoms with E-state index >= 15 is 0 Å². The zero-order chi connectivity index (χ0) is 24.6. The van der Waals surface area contributed by atoms with Crippen LogP contribution in [-0.2, 0) is 15.8 Å². The van der Waals surface area contributed by atoms with E-state index in [1.165, 1.54) is 37.4 Å². The Morgan fingerprint density at radius 1 is 1.00 bits per heavy atom. The number of methoxy groups -OCH3 is 1. The SMILES string of the molecule is COc1ccc(C2/C(=C(/O)c3ccc(Cl)cc3)C(=O)C(=O)N2c2cccc(C(F)(F)F)c2)cc1. The van der Waals surface area contributed by atoms with Crippen LogP contribution < -0.4 is 9.64 Å². The minimum atomic E-state index is -4.65. The monoisotopic (exact) mass is 487 g/mol. The molecule has 1 unspecified atom stereocenters. The number of rotatable bonds is 4. The topological polar surface area (TPSA) is 66.8 Å². The fraction of sp³-hybridized carbons (Fsp3) is 0.120. The molecular weight excluding hydrogens is 471 g/mol. The van der Waals surface area contributed by atoms with Crippen molar-refractivity contribution in [2.24, 2.45) is 0 Å². The molecule has 1 aliphatic rings. The number of aliphatic hydroxyl groups excluding tert-OH is 1. The lowest BCUT2D eigenvalue weighted by atomic mass is 9.95. The number of nitrogens with zero attached hydrogens (tertiary/aromatic N) is 1. The summed E-state index contributed by atoms with van der Waals surface area (Å²) in [6, 6.07) is 15.2. The van der Waals surface area contributed by atoms with Gasteiger partial charge >= 0.3 is 6.18 Å². The van der Waals surface area contributed by atoms with Crippen LogP contribution in [0.1, 0.15) is 22.7 Å². The van der Waals surface area contributed by atoms with Gasteiger partial charge in [0.1, 0.15) is 11.5 Å². The van der Waals surface area contributed by atoms with Crippen LogP contribution in [0.4, 0.5) is 18.9 Å². The summed E-state index contributed by atoms with van der Waals surface area (Å²) in [5.41, 5.74) is -0.737. The third-order valence-corrected chi connectivity index (χ3v) is 5.70. The van der Waals surface area contributed by atoms with Gasteiger partial charge < -0.3 is 9.84 Å². The summed E-state index contributed by atoms with van der Waals surface area (Å²) in [4.78, 5) is 27.1. The minimum Gasteiger partial charge on any atom is -0.507 e. The number of carbonyl (C=O) groups excluding carboxylic acids is 2. The summed E-state index contributed by atoms with van der Waals surface area (Å²) in [5, 5.41) is 11.4. The van der Waals surface area contributed by atoms with E-state index in [1.807, 2.05) is 0 Å². The summed E-state index contributed by atoms with van der Waals surface area (Å²) < 4.78 is 45.2. The van der Waals surface area contributed by atoms with Crippen molar-refractivity contribution < 1.29 is 32.6 Å². The number of carbonyl (C=O) groups is 2. The van der Waals surface area contributed by atoms with E-state index in [4.69, 9.17) is 16.3 Å². The van der Waals surface area contributed by atoms with E-state index in [2.05, 4.69) is 0 Å². The highest BCUT2D eigenvalue weighted by atomic mass is 35.5. The molecule has 0 spiro atoms. The molecule has 1 fully saturated rings. The molecule has 1 atom stereocenters. The van der Waals surface area contributed by atoms with E-state index in [-0.39, 0.29) is 16.8 Å². The highest BCUT2D eigenvalue weighted by Gasteiger charge is 2.47. The van der Waals surface area contributed by atoms with Gasteiger partial charge in [0, 0.05) is 16.3 Å². The second kappa shape index (κ2) is 8.87. The number of anilines is 1. The molecule has 1 heterocycles. The average Bonchev–Trinajstić information content (AvgIpc) is 3.09. The molecule has 9 heteroatoms. The summed E-state index contributed by atoms with van der Waals surface area (Å²) in [7, 11) is 1.46. The van der Waals surface area contributed by atoms with Crippen LogP contribution in [0.3, 0.4) is 0 Å². The van der Waals surface area contributed by atoms with Gasteiger partial charge in [-0.05, 0) is 60.2 Å². The quantitative estimate of drug-likeness (QED) is 0.279. The number of alkyl halides is 3. The van der Waals surface area contributed by atoms with Gasteiger partial charge in [-0.3, -0.25) is 14.5 Å². The molecule has 3 aromatic rings. The Balaban J connectivity index is 1.93. The average molecular weight is 488 g/mol. The fourth-order valence-electron chi connectivity index (χ4n) is 3.80. The van der Waals surface area contributed by atoms with Crippen molar-refractivity contribution in [3.8, 4) is 5.75 Å². The maximum Gasteiger partial charge on any atom is 0.416 e. The van der Waals surface area contributed by atoms with Crippen LogP contribution >= 0.6 is 11.6 Å². The lowest BCUT2D eigenvalue weighted by Gasteiger charge is -2.26. The molecule has 34 heavy (non-hydrogen) atoms. The highest BCUT2D eigenvalue weighted by molar-refractivity contribution is 6.51. The summed E-state index contributed by atoms with van der Waals surface area (Å²) in [5.74, 6) is -2.05. The first-order valence-corrected chi connectivity index (χ1v) is 10.4. The second-order valence-corrected chi connectivity index (χ2v) is 7.93. The van der Waals surface area contributed by atoms with E-state index in [1.54, 1.807) is 24.3 Å². The van der Waals surface area contributed by atoms with Crippen molar-refractivity contribution in [1.82, 2.24) is 0 Å². The van der Waals surface area contributed by atoms with Crippen molar-refractivity contribution in [3.63, 3.8) is 0 Å². The van der Waals surface area contributed by atoms with Crippen LogP contribution in [0.2, 0.25) is 5.02 Å². The van der Waals surface area contributed by atoms with Crippen molar-refractivity contribution in [2.45, 2.75) is 12.2 Å². The fourth-order valence-corrected chi connectivity index (χ4v) is 3.92. The molecule has 0 saturated carbocycles. The number of halogens is 4. The lowest BCUT2D eigenvalue weighted by molar-refractivity contribution is -0.137. The molecule has 174 valence electrons. The number of hydrogen-bond acceptors (Lipinski definition) is 4. The van der Waals surface area contributed by atoms with Gasteiger partial charge in [0.25, 0.3) is 11.7 Å². The number of benzene rings is 3. The van der Waals surface area contributed by atoms with Gasteiger partial charge in [0.15, 0.2) is 0 Å². The molecule has 0 bridgehead atoms. The Bertz CT molecular complexity index is 1280. The molecule has 1 N–H and O–H groups in total. The van der Waals surface area contributed by atoms with Gasteiger partial charge in [-0.2, -0.15) is 13.2 Å². The van der Waals surface area contributed by atoms with Crippen LogP contribution in [0.5, 0.6) is 5.75 Å². The van der Waals surface area contributed by atoms with Crippen molar-refractivity contribution >= 4 is 34.7 Å². The Morgan fingerprint density at radius 3 is 2.24 bits per heavy atom. The Labute approximate surface area is 197 Å². The van der Waals surface area contributed by atoms with Crippen molar-refractivity contribution in [2.75, 3.05) is 12.0 Å². The zero-order valence-electron chi connectivity index (χ0n) is 17.6. The summed E-state index contributed by atoms with van der Waals surface area (Å²) in [6.45, 7) is 0. The molecule has 5 nitrogen and oxygen atoms in total. The molecule has 0 radical (unpaired) electrons. The minimum absolute atomic E-state index is 0.132. The summed E-state index contributed by atoms with van der Waals surface area (Å²) >= 11 is 5.91. The van der Waals surface area contributed by atoms with Crippen LogP contribution in [0.25, 0.3) is 5.76 Å². The van der Waals surface area contributed by atoms with Crippen LogP contribution in [0.15, 0.2) is 78.4 Å². The van der Waals surface area contributed by atoms with E-state index in [0.717, 1.165) is 23.1 Å². The van der Waals surface area contributed by atoms with Gasteiger partial charge in [-0.25, -0.2) is 0 Å². The molecule has 3 aromatic carbocycles. The maximum absolute atomic E-state index is 13.3. The number of hydrogen-bond donors (Lipinski definition) is 1. The smallest absolute Gasteiger partial charge is 0.416 e. The molecule has 0 aromatic heterocycles. The predicted octanol–water partition coefficient (Wildman–Crippen LogP) is 5.99. The predicted molar refractivity (Wildman–Crippen MR) is 121 cm³/mol. The van der Waals surface area contributed by atoms with Gasteiger partial charge in [0.05, 0.1) is 24.3 Å². The van der Waals surface area contributed by atoms with Gasteiger partial charge in [0.2, 0.25) is 0 Å². The normalized spacial score (nSPS) is 17.8. The lowest BCUT2D eigenvalue weighted by Crippen LogP contribution is -2.29. The standard InChI is InChI=1S/C25H17ClF3NO4/c1-34-19-11-7-14(8-12-19)21-20(22(31)15-5-9-17(26)10-6-15)23(32)24(33)30(21)18-4-2-3-16(13-18)25(27,28)29/h2-13,21,31H,1H3/b22-20-. The van der Waals surface area contributed by atoms with E-state index in [9.17, 15) is 27.9 Å². The molecular formula is C25H17ClF3NO4. The number of amides is 1. The number of aliphatic hydroxyl groups is 1. The molecule has 0 aliphatic carbocycles. The number of ether oxygens (including phenoxy) is 1. The number of Topliss-reactive ketones (excluding diaryl/α,β-unsaturated/α-hetero) is 1. The second-order valence-electron chi connectivity index (χ2n) is 7.50. The Morgan fingerprint density at radius 2 is 1.65 bits per heavy atom. The van der Waals surface area contributed by atoms with Gasteiger partial charge in [-0.15, -0.1) is 0 Å². The van der Waals surface area contributed by atoms with Crippen molar-refractivity contribution in [3.05, 3.63) is 100 Å². The maximum atomic E-state index is 13.3. The van der Waals surface area contributed by atoms with Gasteiger partial charge in [-0.1, -0.05) is 29.8 Å². The Hall–Kier alpha value is -3.78. The Kier molecular flexibility index (Phi) is 6.10. The molecule has 1 amide bonds. The third-order valence-electron chi connectivity index (χ3n) is 5.45.